The van der Waals surface area contributed by atoms with E-state index in [4.69, 9.17) is 23.7 Å². The van der Waals surface area contributed by atoms with Crippen LogP contribution in [0.15, 0.2) is 48.5 Å². The Bertz CT molecular complexity index is 2450. The molecule has 24 heteroatoms. The fourth-order valence-electron chi connectivity index (χ4n) is 10.5. The van der Waals surface area contributed by atoms with Crippen LogP contribution >= 0.6 is 0 Å². The molecule has 2 unspecified atom stereocenters. The molecule has 2 fully saturated rings. The molecule has 0 spiro atoms. The summed E-state index contributed by atoms with van der Waals surface area (Å²) in [4.78, 5) is 113. The molecule has 2 aromatic carbocycles. The molecule has 452 valence electrons. The van der Waals surface area contributed by atoms with Crippen LogP contribution in [-0.4, -0.2) is 202 Å². The maximum atomic E-state index is 14.8. The molecule has 8 N–H and O–H groups in total. The van der Waals surface area contributed by atoms with Crippen molar-refractivity contribution in [3.8, 4) is 5.75 Å². The Morgan fingerprint density at radius 2 is 1.48 bits per heavy atom. The van der Waals surface area contributed by atoms with E-state index in [0.29, 0.717) is 38.8 Å². The number of ether oxygens (including phenoxy) is 5. The molecule has 2 aromatic rings. The van der Waals surface area contributed by atoms with Gasteiger partial charge in [0.2, 0.25) is 29.9 Å². The van der Waals surface area contributed by atoms with Crippen molar-refractivity contribution in [2.45, 2.75) is 174 Å². The molecular formula is C57H86N6O18. The van der Waals surface area contributed by atoms with Gasteiger partial charge in [-0.2, -0.15) is 0 Å². The third kappa shape index (κ3) is 17.3. The Kier molecular flexibility index (Phi) is 25.8. The highest BCUT2D eigenvalue weighted by atomic mass is 16.7. The van der Waals surface area contributed by atoms with Crippen molar-refractivity contribution in [1.82, 2.24) is 30.7 Å². The molecule has 24 nitrogen and oxygen atoms in total. The van der Waals surface area contributed by atoms with Crippen molar-refractivity contribution >= 4 is 47.6 Å². The minimum Gasteiger partial charge on any atom is -0.480 e. The van der Waals surface area contributed by atoms with Gasteiger partial charge < -0.3 is 75.0 Å². The van der Waals surface area contributed by atoms with Gasteiger partial charge in [0, 0.05) is 59.0 Å². The average molecular weight is 1140 g/mol. The van der Waals surface area contributed by atoms with Crippen LogP contribution in [0.25, 0.3) is 0 Å². The molecule has 81 heavy (non-hydrogen) atoms. The number of hydrogen-bond donors (Lipinski definition) is 8. The van der Waals surface area contributed by atoms with Gasteiger partial charge in [-0.05, 0) is 60.8 Å². The monoisotopic (exact) mass is 1140 g/mol. The predicted molar refractivity (Wildman–Crippen MR) is 293 cm³/mol. The number of aliphatic hydroxyl groups is 3. The zero-order chi connectivity index (χ0) is 60.6. The number of carbonyl (C=O) groups is 8. The SMILES string of the molecule is CCCNC(=O)c1ccc(O[C@@H]2O[C@H](C(=O)O)[C@@H](O)[C@H](O)[C@H]2O)c(COC(=O)N(C)[C@H](C(=O)N[C@H](C(=O)N(C)[C@@H](C(C)CC)[C@@H](CC(=O)N2CCC[C@H]2[C@H](OC)[C@@H](C)C(=O)NC(Cc2ccccc2)C(=O)O)OC)C(C)C)C(C)C)c1. The summed E-state index contributed by atoms with van der Waals surface area (Å²) in [6, 6.07) is 8.14. The second-order valence-corrected chi connectivity index (χ2v) is 21.7. The largest absolute Gasteiger partial charge is 0.480 e. The van der Waals surface area contributed by atoms with Gasteiger partial charge in [0.05, 0.1) is 36.6 Å². The number of benzene rings is 2. The average Bonchev–Trinajstić information content (AvgIpc) is 3.96. The Labute approximate surface area is 474 Å². The highest BCUT2D eigenvalue weighted by molar-refractivity contribution is 5.95. The van der Waals surface area contributed by atoms with Crippen LogP contribution in [0.3, 0.4) is 0 Å². The highest BCUT2D eigenvalue weighted by Gasteiger charge is 2.49. The Hall–Kier alpha value is -6.44. The number of aliphatic carboxylic acids is 2. The van der Waals surface area contributed by atoms with Crippen molar-refractivity contribution < 1.29 is 87.6 Å². The smallest absolute Gasteiger partial charge is 0.410 e. The molecule has 0 bridgehead atoms. The van der Waals surface area contributed by atoms with Crippen molar-refractivity contribution in [1.29, 1.82) is 0 Å². The number of rotatable bonds is 29. The second-order valence-electron chi connectivity index (χ2n) is 21.7. The van der Waals surface area contributed by atoms with E-state index in [1.165, 1.54) is 44.4 Å². The van der Waals surface area contributed by atoms with Gasteiger partial charge in [0.15, 0.2) is 6.10 Å². The zero-order valence-corrected chi connectivity index (χ0v) is 48.6. The van der Waals surface area contributed by atoms with Crippen LogP contribution in [0, 0.1) is 23.7 Å². The second kappa shape index (κ2) is 31.1. The summed E-state index contributed by atoms with van der Waals surface area (Å²) in [7, 11) is 5.81. The van der Waals surface area contributed by atoms with E-state index in [9.17, 15) is 63.9 Å². The molecular weight excluding hydrogens is 1060 g/mol. The minimum atomic E-state index is -1.99. The van der Waals surface area contributed by atoms with Gasteiger partial charge in [-0.3, -0.25) is 28.9 Å². The number of hydrogen-bond acceptors (Lipinski definition) is 16. The topological polar surface area (TPSA) is 330 Å². The number of nitrogens with zero attached hydrogens (tertiary/aromatic N) is 3. The van der Waals surface area contributed by atoms with E-state index in [0.717, 1.165) is 10.5 Å². The number of carboxylic acid groups (broad SMARTS) is 2. The molecule has 6 amide bonds. The van der Waals surface area contributed by atoms with Gasteiger partial charge in [0.1, 0.15) is 48.8 Å². The van der Waals surface area contributed by atoms with Crippen molar-refractivity contribution in [3.63, 3.8) is 0 Å². The fraction of sp³-hybridized carbons (Fsp3) is 0.649. The van der Waals surface area contributed by atoms with E-state index in [1.54, 1.807) is 70.8 Å². The molecule has 4 rings (SSSR count). The predicted octanol–water partition coefficient (Wildman–Crippen LogP) is 2.56. The zero-order valence-electron chi connectivity index (χ0n) is 48.6. The molecule has 14 atom stereocenters. The summed E-state index contributed by atoms with van der Waals surface area (Å²) < 4.78 is 28.7. The first kappa shape index (κ1) is 67.1. The summed E-state index contributed by atoms with van der Waals surface area (Å²) in [6.45, 7) is 14.3. The molecule has 2 heterocycles. The maximum Gasteiger partial charge on any atom is 0.410 e. The van der Waals surface area contributed by atoms with Gasteiger partial charge in [-0.25, -0.2) is 14.4 Å². The number of carboxylic acids is 2. The number of nitrogens with one attached hydrogen (secondary N) is 3. The van der Waals surface area contributed by atoms with Crippen LogP contribution in [0.1, 0.15) is 109 Å². The number of likely N-dealkylation sites (N-methyl/N-ethyl adjacent to an activating group) is 2. The van der Waals surface area contributed by atoms with Gasteiger partial charge >= 0.3 is 18.0 Å². The van der Waals surface area contributed by atoms with E-state index >= 15 is 0 Å². The van der Waals surface area contributed by atoms with Crippen LogP contribution < -0.4 is 20.7 Å². The molecule has 2 aliphatic rings. The number of carbonyl (C=O) groups excluding carboxylic acids is 6. The van der Waals surface area contributed by atoms with Crippen molar-refractivity contribution in [3.05, 3.63) is 65.2 Å². The number of methoxy groups -OCH3 is 2. The summed E-state index contributed by atoms with van der Waals surface area (Å²) in [5.74, 6) is -7.61. The fourth-order valence-corrected chi connectivity index (χ4v) is 10.5. The molecule has 0 radical (unpaired) electrons. The molecule has 0 saturated carbocycles. The van der Waals surface area contributed by atoms with Gasteiger partial charge in [-0.1, -0.05) is 92.1 Å². The first-order chi connectivity index (χ1) is 38.2. The standard InChI is InChI=1S/C57H86N6O18/c1-13-24-58-51(69)35-22-23-39(80-56-47(67)45(65)46(66)49(81-56)55(74)75)36(27-35)29-79-57(76)62(10)43(31(5)6)52(70)60-42(30(3)4)53(71)61(9)44(32(7)14-2)40(77-11)28-41(64)63-25-18-21-38(63)48(78-12)33(8)50(68)59-37(54(72)73)26-34-19-16-15-17-20-34/h15-17,19-20,22-23,27,30-33,37-38,40,42-49,56,65-67H,13-14,18,21,24-26,28-29H2,1-12H3,(H,58,69)(H,59,68)(H,60,70)(H,72,73)(H,74,75)/t32?,33-,37?,38+,40-,42+,43+,44+,45+,46+,47-,48-,49+,56-/m1/s1. The van der Waals surface area contributed by atoms with Crippen LogP contribution in [-0.2, 0) is 60.7 Å². The van der Waals surface area contributed by atoms with E-state index in [2.05, 4.69) is 16.0 Å². The summed E-state index contributed by atoms with van der Waals surface area (Å²) in [6.07, 6.45) is -10.1. The molecule has 2 saturated heterocycles. The number of aliphatic hydroxyl groups excluding tert-OH is 3. The summed E-state index contributed by atoms with van der Waals surface area (Å²) in [5.41, 5.74) is 0.889. The quantitative estimate of drug-likeness (QED) is 0.0580. The third-order valence-electron chi connectivity index (χ3n) is 15.3. The van der Waals surface area contributed by atoms with Crippen molar-refractivity contribution in [2.75, 3.05) is 41.4 Å². The van der Waals surface area contributed by atoms with Gasteiger partial charge in [-0.15, -0.1) is 0 Å². The maximum absolute atomic E-state index is 14.8. The van der Waals surface area contributed by atoms with Crippen molar-refractivity contribution in [2.24, 2.45) is 23.7 Å². The first-order valence-corrected chi connectivity index (χ1v) is 27.6. The highest BCUT2D eigenvalue weighted by Crippen LogP contribution is 2.32. The number of likely N-dealkylation sites (tertiary alicyclic amines) is 1. The van der Waals surface area contributed by atoms with E-state index in [-0.39, 0.29) is 41.5 Å². The minimum absolute atomic E-state index is 0.0381. The van der Waals surface area contributed by atoms with Gasteiger partial charge in [0.25, 0.3) is 5.91 Å². The normalized spacial score (nSPS) is 22.0. The van der Waals surface area contributed by atoms with E-state index < -0.39 is 139 Å². The molecule has 0 aromatic heterocycles. The summed E-state index contributed by atoms with van der Waals surface area (Å²) >= 11 is 0. The summed E-state index contributed by atoms with van der Waals surface area (Å²) in [5, 5.41) is 59.1. The van der Waals surface area contributed by atoms with Crippen LogP contribution in [0.5, 0.6) is 5.75 Å². The lowest BCUT2D eigenvalue weighted by Gasteiger charge is -2.41. The Morgan fingerprint density at radius 3 is 2.05 bits per heavy atom. The number of amides is 6. The van der Waals surface area contributed by atoms with E-state index in [1.807, 2.05) is 26.8 Å². The Morgan fingerprint density at radius 1 is 0.815 bits per heavy atom. The lowest BCUT2D eigenvalue weighted by molar-refractivity contribution is -0.271. The molecule has 2 aliphatic heterocycles. The third-order valence-corrected chi connectivity index (χ3v) is 15.3. The van der Waals surface area contributed by atoms with Crippen LogP contribution in [0.2, 0.25) is 0 Å². The van der Waals surface area contributed by atoms with Crippen LogP contribution in [0.4, 0.5) is 4.79 Å². The first-order valence-electron chi connectivity index (χ1n) is 27.6. The molecule has 0 aliphatic carbocycles. The lowest BCUT2D eigenvalue weighted by Crippen LogP contribution is -2.61. The lowest BCUT2D eigenvalue weighted by atomic mass is 9.89. The Balaban J connectivity index is 1.51.